The van der Waals surface area contributed by atoms with Gasteiger partial charge in [0.25, 0.3) is 0 Å². The highest BCUT2D eigenvalue weighted by Gasteiger charge is 2.10. The molecule has 0 saturated carbocycles. The van der Waals surface area contributed by atoms with Crippen molar-refractivity contribution in [2.45, 2.75) is 25.9 Å². The van der Waals surface area contributed by atoms with Crippen molar-refractivity contribution < 1.29 is 0 Å². The van der Waals surface area contributed by atoms with Crippen molar-refractivity contribution >= 4 is 21.6 Å². The Balaban J connectivity index is 1.69. The van der Waals surface area contributed by atoms with E-state index in [-0.39, 0.29) is 0 Å². The zero-order valence-electron chi connectivity index (χ0n) is 13.1. The SMILES string of the molecule is CN(Cc1nc2ccccc2s1)Cc1ncccc1CCC#N. The van der Waals surface area contributed by atoms with Gasteiger partial charge in [-0.1, -0.05) is 18.2 Å². The van der Waals surface area contributed by atoms with Crippen molar-refractivity contribution in [1.82, 2.24) is 14.9 Å². The van der Waals surface area contributed by atoms with E-state index in [1.54, 1.807) is 11.3 Å². The summed E-state index contributed by atoms with van der Waals surface area (Å²) in [6, 6.07) is 14.4. The van der Waals surface area contributed by atoms with Crippen molar-refractivity contribution in [2.75, 3.05) is 7.05 Å². The molecule has 0 aliphatic rings. The monoisotopic (exact) mass is 322 g/mol. The summed E-state index contributed by atoms with van der Waals surface area (Å²) in [5, 5.41) is 9.89. The number of aromatic nitrogens is 2. The number of nitriles is 1. The highest BCUT2D eigenvalue weighted by molar-refractivity contribution is 7.18. The van der Waals surface area contributed by atoms with Crippen molar-refractivity contribution in [1.29, 1.82) is 5.26 Å². The third-order valence-electron chi connectivity index (χ3n) is 3.65. The molecule has 0 aliphatic carbocycles. The van der Waals surface area contributed by atoms with Crippen molar-refractivity contribution in [3.63, 3.8) is 0 Å². The van der Waals surface area contributed by atoms with E-state index in [0.717, 1.165) is 41.3 Å². The highest BCUT2D eigenvalue weighted by atomic mass is 32.1. The summed E-state index contributed by atoms with van der Waals surface area (Å²) in [6.07, 6.45) is 3.10. The Bertz CT molecular complexity index is 801. The van der Waals surface area contributed by atoms with E-state index in [0.29, 0.717) is 6.42 Å². The summed E-state index contributed by atoms with van der Waals surface area (Å²) in [4.78, 5) is 11.4. The molecule has 3 rings (SSSR count). The molecule has 0 unspecified atom stereocenters. The minimum atomic E-state index is 0.528. The first-order valence-electron chi connectivity index (χ1n) is 7.59. The van der Waals surface area contributed by atoms with Crippen LogP contribution in [0.25, 0.3) is 10.2 Å². The van der Waals surface area contributed by atoms with Gasteiger partial charge in [0, 0.05) is 19.2 Å². The average Bonchev–Trinajstić information content (AvgIpc) is 2.96. The lowest BCUT2D eigenvalue weighted by Gasteiger charge is -2.16. The minimum absolute atomic E-state index is 0.528. The lowest BCUT2D eigenvalue weighted by molar-refractivity contribution is 0.313. The van der Waals surface area contributed by atoms with E-state index in [9.17, 15) is 0 Å². The Morgan fingerprint density at radius 2 is 2.04 bits per heavy atom. The first-order valence-corrected chi connectivity index (χ1v) is 8.40. The largest absolute Gasteiger partial charge is 0.294 e. The standard InChI is InChI=1S/C18H18N4S/c1-22(12-16-14(6-4-10-19)7-5-11-20-16)13-18-21-15-8-2-3-9-17(15)23-18/h2-3,5,7-9,11H,4,6,12-13H2,1H3. The number of para-hydroxylation sites is 1. The van der Waals surface area contributed by atoms with Crippen LogP contribution in [0.1, 0.15) is 22.7 Å². The van der Waals surface area contributed by atoms with Crippen LogP contribution in [0.5, 0.6) is 0 Å². The fourth-order valence-electron chi connectivity index (χ4n) is 2.56. The molecule has 0 fully saturated rings. The maximum absolute atomic E-state index is 8.78. The molecular formula is C18H18N4S. The Morgan fingerprint density at radius 1 is 1.17 bits per heavy atom. The number of hydrogen-bond donors (Lipinski definition) is 0. The van der Waals surface area contributed by atoms with E-state index in [1.807, 2.05) is 30.5 Å². The Hall–Kier alpha value is -2.29. The molecule has 0 saturated heterocycles. The van der Waals surface area contributed by atoms with Crippen LogP contribution >= 0.6 is 11.3 Å². The topological polar surface area (TPSA) is 52.8 Å². The third-order valence-corrected chi connectivity index (χ3v) is 4.67. The molecular weight excluding hydrogens is 304 g/mol. The van der Waals surface area contributed by atoms with E-state index >= 15 is 0 Å². The fourth-order valence-corrected chi connectivity index (χ4v) is 3.61. The Morgan fingerprint density at radius 3 is 2.87 bits per heavy atom. The number of benzene rings is 1. The van der Waals surface area contributed by atoms with Crippen LogP contribution in [0.3, 0.4) is 0 Å². The van der Waals surface area contributed by atoms with Gasteiger partial charge in [-0.15, -0.1) is 11.3 Å². The molecule has 0 atom stereocenters. The zero-order valence-corrected chi connectivity index (χ0v) is 13.9. The van der Waals surface area contributed by atoms with Gasteiger partial charge in [-0.2, -0.15) is 5.26 Å². The lowest BCUT2D eigenvalue weighted by Crippen LogP contribution is -2.19. The van der Waals surface area contributed by atoms with Crippen LogP contribution in [0.15, 0.2) is 42.6 Å². The number of aryl methyl sites for hydroxylation is 1. The molecule has 23 heavy (non-hydrogen) atoms. The Labute approximate surface area is 140 Å². The molecule has 116 valence electrons. The molecule has 0 aliphatic heterocycles. The van der Waals surface area contributed by atoms with E-state index in [1.165, 1.54) is 4.70 Å². The number of fused-ring (bicyclic) bond motifs is 1. The quantitative estimate of drug-likeness (QED) is 0.693. The van der Waals surface area contributed by atoms with E-state index < -0.39 is 0 Å². The van der Waals surface area contributed by atoms with Crippen LogP contribution in [0, 0.1) is 11.3 Å². The number of thiazole rings is 1. The van der Waals surface area contributed by atoms with Gasteiger partial charge >= 0.3 is 0 Å². The predicted molar refractivity (Wildman–Crippen MR) is 93.0 cm³/mol. The van der Waals surface area contributed by atoms with Crippen LogP contribution in [-0.2, 0) is 19.5 Å². The first kappa shape index (κ1) is 15.6. The van der Waals surface area contributed by atoms with Gasteiger partial charge in [-0.3, -0.25) is 9.88 Å². The second kappa shape index (κ2) is 7.32. The van der Waals surface area contributed by atoms with Gasteiger partial charge in [-0.05, 0) is 37.2 Å². The molecule has 2 aromatic heterocycles. The normalized spacial score (nSPS) is 11.0. The second-order valence-corrected chi connectivity index (χ2v) is 6.63. The number of rotatable bonds is 6. The van der Waals surface area contributed by atoms with Crippen molar-refractivity contribution in [3.8, 4) is 6.07 Å². The third kappa shape index (κ3) is 3.92. The second-order valence-electron chi connectivity index (χ2n) is 5.51. The van der Waals surface area contributed by atoms with Gasteiger partial charge < -0.3 is 0 Å². The maximum Gasteiger partial charge on any atom is 0.108 e. The predicted octanol–water partition coefficient (Wildman–Crippen LogP) is 3.78. The molecule has 0 amide bonds. The van der Waals surface area contributed by atoms with Gasteiger partial charge in [0.05, 0.1) is 28.5 Å². The molecule has 2 heterocycles. The summed E-state index contributed by atoms with van der Waals surface area (Å²) in [5.41, 5.74) is 3.27. The van der Waals surface area contributed by atoms with Crippen LogP contribution in [0.4, 0.5) is 0 Å². The van der Waals surface area contributed by atoms with E-state index in [4.69, 9.17) is 5.26 Å². The highest BCUT2D eigenvalue weighted by Crippen LogP contribution is 2.23. The lowest BCUT2D eigenvalue weighted by atomic mass is 10.1. The average molecular weight is 322 g/mol. The zero-order chi connectivity index (χ0) is 16.1. The van der Waals surface area contributed by atoms with Crippen LogP contribution in [0.2, 0.25) is 0 Å². The molecule has 0 N–H and O–H groups in total. The molecule has 0 radical (unpaired) electrons. The Kier molecular flexibility index (Phi) is 4.96. The molecule has 1 aromatic carbocycles. The number of pyridine rings is 1. The number of hydrogen-bond acceptors (Lipinski definition) is 5. The summed E-state index contributed by atoms with van der Waals surface area (Å²) in [7, 11) is 2.08. The van der Waals surface area contributed by atoms with Crippen LogP contribution < -0.4 is 0 Å². The maximum atomic E-state index is 8.78. The van der Waals surface area contributed by atoms with E-state index in [2.05, 4.69) is 40.1 Å². The summed E-state index contributed by atoms with van der Waals surface area (Å²) < 4.78 is 1.23. The summed E-state index contributed by atoms with van der Waals surface area (Å²) in [5.74, 6) is 0. The number of nitrogens with zero attached hydrogens (tertiary/aromatic N) is 4. The summed E-state index contributed by atoms with van der Waals surface area (Å²) in [6.45, 7) is 1.56. The molecule has 0 spiro atoms. The van der Waals surface area contributed by atoms with Gasteiger partial charge in [-0.25, -0.2) is 4.98 Å². The van der Waals surface area contributed by atoms with Gasteiger partial charge in [0.1, 0.15) is 5.01 Å². The molecule has 4 nitrogen and oxygen atoms in total. The van der Waals surface area contributed by atoms with Crippen molar-refractivity contribution in [2.24, 2.45) is 0 Å². The smallest absolute Gasteiger partial charge is 0.108 e. The fraction of sp³-hybridized carbons (Fsp3) is 0.278. The summed E-state index contributed by atoms with van der Waals surface area (Å²) >= 11 is 1.74. The molecule has 0 bridgehead atoms. The first-order chi connectivity index (χ1) is 11.3. The van der Waals surface area contributed by atoms with Gasteiger partial charge in [0.15, 0.2) is 0 Å². The minimum Gasteiger partial charge on any atom is -0.294 e. The van der Waals surface area contributed by atoms with Crippen molar-refractivity contribution in [3.05, 3.63) is 58.9 Å². The van der Waals surface area contributed by atoms with Gasteiger partial charge in [0.2, 0.25) is 0 Å². The van der Waals surface area contributed by atoms with Crippen LogP contribution in [-0.4, -0.2) is 21.9 Å². The molecule has 5 heteroatoms. The molecule has 3 aromatic rings.